The number of carbonyl (C=O) groups excluding carboxylic acids is 2. The molecule has 0 radical (unpaired) electrons. The van der Waals surface area contributed by atoms with Crippen LogP contribution in [0.4, 0.5) is 0 Å². The first kappa shape index (κ1) is 13.0. The van der Waals surface area contributed by atoms with Gasteiger partial charge in [-0.3, -0.25) is 9.59 Å². The Morgan fingerprint density at radius 3 is 2.75 bits per heavy atom. The third-order valence-electron chi connectivity index (χ3n) is 2.45. The van der Waals surface area contributed by atoms with E-state index in [1.165, 1.54) is 0 Å². The van der Waals surface area contributed by atoms with Gasteiger partial charge in [0.05, 0.1) is 12.3 Å². The Labute approximate surface area is 96.3 Å². The van der Waals surface area contributed by atoms with Crippen LogP contribution in [0, 0.1) is 5.92 Å². The van der Waals surface area contributed by atoms with Gasteiger partial charge >= 0.3 is 11.9 Å². The molecular weight excluding hydrogens is 224 g/mol. The highest BCUT2D eigenvalue weighted by molar-refractivity contribution is 6.40. The van der Waals surface area contributed by atoms with Crippen molar-refractivity contribution in [3.05, 3.63) is 12.2 Å². The van der Waals surface area contributed by atoms with Crippen LogP contribution >= 0.6 is 0 Å². The van der Waals surface area contributed by atoms with Crippen LogP contribution in [-0.2, 0) is 18.8 Å². The summed E-state index contributed by atoms with van der Waals surface area (Å²) < 4.78 is 15.3. The molecule has 0 amide bonds. The molecular formula is C11H16O4Si. The Morgan fingerprint density at radius 1 is 1.44 bits per heavy atom. The highest BCUT2D eigenvalue weighted by Gasteiger charge is 2.31. The average molecular weight is 240 g/mol. The van der Waals surface area contributed by atoms with Crippen LogP contribution in [0.1, 0.15) is 25.7 Å². The summed E-state index contributed by atoms with van der Waals surface area (Å²) in [7, 11) is -1.36. The number of rotatable bonds is 6. The summed E-state index contributed by atoms with van der Waals surface area (Å²) in [4.78, 5) is 21.9. The Hall–Kier alpha value is -1.10. The van der Waals surface area contributed by atoms with Crippen LogP contribution in [0.25, 0.3) is 0 Å². The standard InChI is InChI=1S/C11H16O4Si/c1-16(14)7-5-3-2-4-6-9-8-10(12)15-11(9)13/h2,4,9H,3,5-8H2,1H3/b4-2+. The summed E-state index contributed by atoms with van der Waals surface area (Å²) in [5, 5.41) is 0. The quantitative estimate of drug-likeness (QED) is 0.234. The van der Waals surface area contributed by atoms with Crippen molar-refractivity contribution in [1.82, 2.24) is 0 Å². The molecule has 1 fully saturated rings. The Morgan fingerprint density at radius 2 is 2.19 bits per heavy atom. The topological polar surface area (TPSA) is 60.4 Å². The fourth-order valence-electron chi connectivity index (χ4n) is 1.55. The Bertz CT molecular complexity index is 322. The van der Waals surface area contributed by atoms with Crippen molar-refractivity contribution in [2.45, 2.75) is 38.3 Å². The molecule has 0 aromatic rings. The van der Waals surface area contributed by atoms with Crippen molar-refractivity contribution in [3.63, 3.8) is 0 Å². The van der Waals surface area contributed by atoms with Gasteiger partial charge in [0.2, 0.25) is 0 Å². The van der Waals surface area contributed by atoms with Gasteiger partial charge in [0.15, 0.2) is 0 Å². The number of allylic oxidation sites excluding steroid dienone is 2. The monoisotopic (exact) mass is 240 g/mol. The molecule has 0 saturated carbocycles. The van der Waals surface area contributed by atoms with Gasteiger partial charge in [0, 0.05) is 0 Å². The predicted molar refractivity (Wildman–Crippen MR) is 59.3 cm³/mol. The van der Waals surface area contributed by atoms with Crippen LogP contribution in [0.3, 0.4) is 0 Å². The van der Waals surface area contributed by atoms with E-state index in [1.54, 1.807) is 6.55 Å². The number of hydrogen-bond acceptors (Lipinski definition) is 4. The molecule has 1 heterocycles. The lowest BCUT2D eigenvalue weighted by molar-refractivity contribution is -0.153. The minimum atomic E-state index is -1.36. The molecule has 5 heteroatoms. The van der Waals surface area contributed by atoms with Gasteiger partial charge in [-0.15, -0.1) is 0 Å². The van der Waals surface area contributed by atoms with Crippen LogP contribution in [0.2, 0.25) is 12.6 Å². The van der Waals surface area contributed by atoms with Crippen molar-refractivity contribution in [2.24, 2.45) is 5.92 Å². The molecule has 1 aliphatic rings. The summed E-state index contributed by atoms with van der Waals surface area (Å²) in [6.45, 7) is 1.76. The van der Waals surface area contributed by atoms with Gasteiger partial charge in [-0.05, 0) is 31.9 Å². The second-order valence-electron chi connectivity index (χ2n) is 4.00. The molecule has 1 atom stereocenters. The van der Waals surface area contributed by atoms with Gasteiger partial charge in [-0.25, -0.2) is 0 Å². The molecule has 1 saturated heterocycles. The van der Waals surface area contributed by atoms with Crippen LogP contribution < -0.4 is 0 Å². The second-order valence-corrected chi connectivity index (χ2v) is 5.90. The third kappa shape index (κ3) is 4.61. The number of cyclic esters (lactones) is 2. The average Bonchev–Trinajstić information content (AvgIpc) is 2.50. The lowest BCUT2D eigenvalue weighted by Crippen LogP contribution is -2.05. The number of hydrogen-bond donors (Lipinski definition) is 0. The Balaban J connectivity index is 2.14. The normalized spacial score (nSPS) is 20.4. The van der Waals surface area contributed by atoms with Crippen LogP contribution in [0.15, 0.2) is 12.2 Å². The Kier molecular flexibility index (Phi) is 5.24. The smallest absolute Gasteiger partial charge is 0.317 e. The zero-order valence-corrected chi connectivity index (χ0v) is 10.4. The molecule has 88 valence electrons. The molecule has 0 N–H and O–H groups in total. The lowest BCUT2D eigenvalue weighted by atomic mass is 10.0. The van der Waals surface area contributed by atoms with Gasteiger partial charge < -0.3 is 9.20 Å². The maximum Gasteiger partial charge on any atom is 0.317 e. The fraction of sp³-hybridized carbons (Fsp3) is 0.636. The van der Waals surface area contributed by atoms with E-state index in [0.717, 1.165) is 18.9 Å². The summed E-state index contributed by atoms with van der Waals surface area (Å²) in [6.07, 6.45) is 6.43. The van der Waals surface area contributed by atoms with Crippen molar-refractivity contribution in [1.29, 1.82) is 0 Å². The first-order chi connectivity index (χ1) is 7.59. The van der Waals surface area contributed by atoms with Crippen LogP contribution in [0.5, 0.6) is 0 Å². The van der Waals surface area contributed by atoms with Crippen molar-refractivity contribution < 1.29 is 18.8 Å². The van der Waals surface area contributed by atoms with E-state index in [0.29, 0.717) is 6.42 Å². The predicted octanol–water partition coefficient (Wildman–Crippen LogP) is 1.85. The minimum absolute atomic E-state index is 0.200. The van der Waals surface area contributed by atoms with Gasteiger partial charge in [0.25, 0.3) is 8.68 Å². The van der Waals surface area contributed by atoms with E-state index >= 15 is 0 Å². The van der Waals surface area contributed by atoms with E-state index in [4.69, 9.17) is 0 Å². The number of carbonyl (C=O) groups is 2. The molecule has 16 heavy (non-hydrogen) atoms. The first-order valence-electron chi connectivity index (χ1n) is 5.48. The number of esters is 2. The van der Waals surface area contributed by atoms with Crippen molar-refractivity contribution >= 4 is 20.6 Å². The van der Waals surface area contributed by atoms with Gasteiger partial charge in [-0.1, -0.05) is 12.2 Å². The van der Waals surface area contributed by atoms with E-state index in [1.807, 2.05) is 12.2 Å². The zero-order valence-electron chi connectivity index (χ0n) is 9.40. The highest BCUT2D eigenvalue weighted by atomic mass is 28.3. The molecule has 1 aliphatic heterocycles. The number of ether oxygens (including phenoxy) is 1. The molecule has 0 spiro atoms. The molecule has 0 bridgehead atoms. The summed E-state index contributed by atoms with van der Waals surface area (Å²) in [5.74, 6) is -1.13. The summed E-state index contributed by atoms with van der Waals surface area (Å²) >= 11 is 0. The molecule has 0 aliphatic carbocycles. The maximum absolute atomic E-state index is 11.1. The SMILES string of the molecule is C[Si](=O)CCC/C=C/CC1CC(=O)OC1=O. The third-order valence-corrected chi connectivity index (χ3v) is 3.51. The molecule has 1 rings (SSSR count). The van der Waals surface area contributed by atoms with E-state index in [-0.39, 0.29) is 12.3 Å². The lowest BCUT2D eigenvalue weighted by Gasteiger charge is -1.97. The molecule has 0 aromatic heterocycles. The minimum Gasteiger partial charge on any atom is -0.393 e. The van der Waals surface area contributed by atoms with Gasteiger partial charge in [-0.2, -0.15) is 0 Å². The maximum atomic E-state index is 11.1. The van der Waals surface area contributed by atoms with Crippen molar-refractivity contribution in [2.75, 3.05) is 0 Å². The second kappa shape index (κ2) is 6.47. The van der Waals surface area contributed by atoms with E-state index in [2.05, 4.69) is 4.74 Å². The summed E-state index contributed by atoms with van der Waals surface area (Å²) in [6, 6.07) is 0.777. The first-order valence-corrected chi connectivity index (χ1v) is 7.60. The highest BCUT2D eigenvalue weighted by Crippen LogP contribution is 2.19. The van der Waals surface area contributed by atoms with Gasteiger partial charge in [0.1, 0.15) is 0 Å². The number of unbranched alkanes of at least 4 members (excludes halogenated alkanes) is 1. The van der Waals surface area contributed by atoms with E-state index < -0.39 is 20.6 Å². The van der Waals surface area contributed by atoms with Crippen molar-refractivity contribution in [3.8, 4) is 0 Å². The molecule has 4 nitrogen and oxygen atoms in total. The van der Waals surface area contributed by atoms with E-state index in [9.17, 15) is 14.1 Å². The molecule has 0 aromatic carbocycles. The largest absolute Gasteiger partial charge is 0.393 e. The zero-order chi connectivity index (χ0) is 12.0. The molecule has 1 unspecified atom stereocenters. The summed E-state index contributed by atoms with van der Waals surface area (Å²) in [5.41, 5.74) is 0. The van der Waals surface area contributed by atoms with Crippen LogP contribution in [-0.4, -0.2) is 20.6 Å². The fourth-order valence-corrected chi connectivity index (χ4v) is 2.25.